The molecule has 0 spiro atoms. The van der Waals surface area contributed by atoms with Crippen molar-refractivity contribution in [2.75, 3.05) is 23.8 Å². The highest BCUT2D eigenvalue weighted by molar-refractivity contribution is 7.80. The van der Waals surface area contributed by atoms with E-state index >= 15 is 0 Å². The zero-order valence-electron chi connectivity index (χ0n) is 11.7. The lowest BCUT2D eigenvalue weighted by Crippen LogP contribution is -2.47. The molecule has 3 rings (SSSR count). The Balaban J connectivity index is 1.87. The van der Waals surface area contributed by atoms with E-state index in [1.807, 2.05) is 29.2 Å². The Kier molecular flexibility index (Phi) is 3.92. The molecule has 20 heavy (non-hydrogen) atoms. The Morgan fingerprint density at radius 2 is 1.95 bits per heavy atom. The summed E-state index contributed by atoms with van der Waals surface area (Å²) in [5.41, 5.74) is 1.08. The van der Waals surface area contributed by atoms with Gasteiger partial charge in [0.05, 0.1) is 5.69 Å². The maximum Gasteiger partial charge on any atom is 0.265 e. The molecule has 1 aliphatic heterocycles. The Hall–Kier alpha value is -1.16. The fourth-order valence-electron chi connectivity index (χ4n) is 3.33. The molecule has 0 unspecified atom stereocenters. The summed E-state index contributed by atoms with van der Waals surface area (Å²) in [5.74, 6) is 1.73. The molecule has 1 aromatic carbocycles. The first-order chi connectivity index (χ1) is 9.74. The van der Waals surface area contributed by atoms with Crippen LogP contribution in [0.5, 0.6) is 5.75 Å². The van der Waals surface area contributed by atoms with Crippen molar-refractivity contribution in [2.45, 2.75) is 32.1 Å². The van der Waals surface area contributed by atoms with Crippen molar-refractivity contribution in [3.8, 4) is 5.75 Å². The van der Waals surface area contributed by atoms with Crippen LogP contribution in [0.15, 0.2) is 24.3 Å². The predicted molar refractivity (Wildman–Crippen MR) is 83.7 cm³/mol. The number of carbonyl (C=O) groups excluding carboxylic acids is 1. The van der Waals surface area contributed by atoms with Gasteiger partial charge in [-0.1, -0.05) is 31.4 Å². The molecule has 1 heterocycles. The molecule has 1 aromatic rings. The maximum atomic E-state index is 12.3. The molecule has 108 valence electrons. The van der Waals surface area contributed by atoms with Crippen molar-refractivity contribution in [1.29, 1.82) is 0 Å². The highest BCUT2D eigenvalue weighted by atomic mass is 32.1. The Labute approximate surface area is 125 Å². The third-order valence-electron chi connectivity index (χ3n) is 4.55. The molecule has 1 amide bonds. The number of nitrogens with zero attached hydrogens (tertiary/aromatic N) is 1. The van der Waals surface area contributed by atoms with Crippen molar-refractivity contribution >= 4 is 24.2 Å². The summed E-state index contributed by atoms with van der Waals surface area (Å²) in [6, 6.07) is 7.81. The molecule has 1 saturated carbocycles. The molecule has 0 radical (unpaired) electrons. The van der Waals surface area contributed by atoms with Gasteiger partial charge in [-0.25, -0.2) is 0 Å². The third kappa shape index (κ3) is 2.53. The van der Waals surface area contributed by atoms with E-state index in [0.717, 1.165) is 23.7 Å². The van der Waals surface area contributed by atoms with Crippen molar-refractivity contribution in [3.05, 3.63) is 24.3 Å². The molecule has 0 saturated heterocycles. The summed E-state index contributed by atoms with van der Waals surface area (Å²) >= 11 is 4.58. The first-order valence-corrected chi connectivity index (χ1v) is 8.00. The summed E-state index contributed by atoms with van der Waals surface area (Å²) in [4.78, 5) is 14.2. The molecular formula is C16H21NO2S. The molecule has 4 heteroatoms. The van der Waals surface area contributed by atoms with Gasteiger partial charge >= 0.3 is 0 Å². The van der Waals surface area contributed by atoms with Crippen molar-refractivity contribution < 1.29 is 9.53 Å². The van der Waals surface area contributed by atoms with Crippen LogP contribution in [-0.4, -0.2) is 24.8 Å². The quantitative estimate of drug-likeness (QED) is 0.866. The van der Waals surface area contributed by atoms with E-state index in [-0.39, 0.29) is 17.9 Å². The molecule has 0 atom stereocenters. The Bertz CT molecular complexity index is 497. The number of hydrogen-bond acceptors (Lipinski definition) is 3. The van der Waals surface area contributed by atoms with Crippen LogP contribution in [0.3, 0.4) is 0 Å². The van der Waals surface area contributed by atoms with E-state index in [1.165, 1.54) is 32.1 Å². The lowest BCUT2D eigenvalue weighted by atomic mass is 9.75. The second-order valence-electron chi connectivity index (χ2n) is 5.96. The number of fused-ring (bicyclic) bond motifs is 1. The number of rotatable bonds is 3. The lowest BCUT2D eigenvalue weighted by Gasteiger charge is -2.41. The fourth-order valence-corrected chi connectivity index (χ4v) is 3.75. The molecule has 1 fully saturated rings. The number of para-hydroxylation sites is 2. The molecule has 0 N–H and O–H groups in total. The minimum atomic E-state index is 0.0652. The Morgan fingerprint density at radius 3 is 2.70 bits per heavy atom. The predicted octanol–water partition coefficient (Wildman–Crippen LogP) is 3.29. The van der Waals surface area contributed by atoms with Gasteiger partial charge in [0.15, 0.2) is 6.61 Å². The smallest absolute Gasteiger partial charge is 0.265 e. The minimum Gasteiger partial charge on any atom is -0.482 e. The van der Waals surface area contributed by atoms with Gasteiger partial charge in [0.25, 0.3) is 5.91 Å². The first-order valence-electron chi connectivity index (χ1n) is 7.37. The largest absolute Gasteiger partial charge is 0.482 e. The van der Waals surface area contributed by atoms with Crippen molar-refractivity contribution in [3.63, 3.8) is 0 Å². The van der Waals surface area contributed by atoms with Crippen molar-refractivity contribution in [2.24, 2.45) is 5.41 Å². The average molecular weight is 291 g/mol. The van der Waals surface area contributed by atoms with Crippen LogP contribution in [0.2, 0.25) is 0 Å². The van der Waals surface area contributed by atoms with Crippen LogP contribution in [0, 0.1) is 5.41 Å². The van der Waals surface area contributed by atoms with Gasteiger partial charge in [-0.15, -0.1) is 0 Å². The molecule has 3 nitrogen and oxygen atoms in total. The summed E-state index contributed by atoms with van der Waals surface area (Å²) in [6.07, 6.45) is 6.15. The number of amides is 1. The van der Waals surface area contributed by atoms with Crippen LogP contribution in [0.25, 0.3) is 0 Å². The zero-order chi connectivity index (χ0) is 14.0. The number of anilines is 1. The second-order valence-corrected chi connectivity index (χ2v) is 6.27. The highest BCUT2D eigenvalue weighted by Gasteiger charge is 2.36. The normalized spacial score (nSPS) is 21.2. The van der Waals surface area contributed by atoms with Gasteiger partial charge < -0.3 is 9.64 Å². The van der Waals surface area contributed by atoms with E-state index in [2.05, 4.69) is 12.6 Å². The number of hydrogen-bond donors (Lipinski definition) is 1. The van der Waals surface area contributed by atoms with Gasteiger partial charge in [-0.2, -0.15) is 12.6 Å². The van der Waals surface area contributed by atoms with Gasteiger partial charge in [0.2, 0.25) is 0 Å². The summed E-state index contributed by atoms with van der Waals surface area (Å²) in [7, 11) is 0. The summed E-state index contributed by atoms with van der Waals surface area (Å²) < 4.78 is 5.51. The maximum absolute atomic E-state index is 12.3. The number of thiol groups is 1. The molecule has 1 aliphatic carbocycles. The van der Waals surface area contributed by atoms with Crippen LogP contribution in [0.4, 0.5) is 5.69 Å². The van der Waals surface area contributed by atoms with E-state index in [1.54, 1.807) is 0 Å². The van der Waals surface area contributed by atoms with Crippen LogP contribution in [-0.2, 0) is 4.79 Å². The van der Waals surface area contributed by atoms with Crippen LogP contribution >= 0.6 is 12.6 Å². The van der Waals surface area contributed by atoms with Gasteiger partial charge in [-0.05, 0) is 36.1 Å². The number of carbonyl (C=O) groups is 1. The number of ether oxygens (including phenoxy) is 1. The van der Waals surface area contributed by atoms with Gasteiger partial charge in [0, 0.05) is 6.54 Å². The summed E-state index contributed by atoms with van der Waals surface area (Å²) in [5, 5.41) is 0. The average Bonchev–Trinajstić information content (AvgIpc) is 2.51. The standard InChI is InChI=1S/C16H21NO2S/c18-15-10-19-14-7-3-2-6-13(14)17(15)11-16(12-20)8-4-1-5-9-16/h2-3,6-7,20H,1,4-5,8-12H2. The molecular weight excluding hydrogens is 270 g/mol. The lowest BCUT2D eigenvalue weighted by molar-refractivity contribution is -0.121. The highest BCUT2D eigenvalue weighted by Crippen LogP contribution is 2.41. The van der Waals surface area contributed by atoms with Crippen molar-refractivity contribution in [1.82, 2.24) is 0 Å². The summed E-state index contributed by atoms with van der Waals surface area (Å²) in [6.45, 7) is 0.926. The van der Waals surface area contributed by atoms with Gasteiger partial charge in [0.1, 0.15) is 5.75 Å². The van der Waals surface area contributed by atoms with E-state index < -0.39 is 0 Å². The molecule has 2 aliphatic rings. The monoisotopic (exact) mass is 291 g/mol. The Morgan fingerprint density at radius 1 is 1.20 bits per heavy atom. The first kappa shape index (κ1) is 13.8. The van der Waals surface area contributed by atoms with Crippen LogP contribution in [0.1, 0.15) is 32.1 Å². The van der Waals surface area contributed by atoms with Gasteiger partial charge in [-0.3, -0.25) is 4.79 Å². The topological polar surface area (TPSA) is 29.5 Å². The second kappa shape index (κ2) is 5.68. The van der Waals surface area contributed by atoms with Crippen LogP contribution < -0.4 is 9.64 Å². The van der Waals surface area contributed by atoms with E-state index in [4.69, 9.17) is 4.74 Å². The fraction of sp³-hybridized carbons (Fsp3) is 0.562. The zero-order valence-corrected chi connectivity index (χ0v) is 12.6. The SMILES string of the molecule is O=C1COc2ccccc2N1CC1(CS)CCCCC1. The third-order valence-corrected chi connectivity index (χ3v) is 5.22. The van der Waals surface area contributed by atoms with E-state index in [0.29, 0.717) is 0 Å². The van der Waals surface area contributed by atoms with E-state index in [9.17, 15) is 4.79 Å². The molecule has 0 aromatic heterocycles. The minimum absolute atomic E-state index is 0.0652. The number of benzene rings is 1. The molecule has 0 bridgehead atoms.